The van der Waals surface area contributed by atoms with Crippen LogP contribution >= 0.6 is 15.9 Å². The molecular formula is C16H17BrN4O. The smallest absolute Gasteiger partial charge is 0.217 e. The number of pyridine rings is 1. The summed E-state index contributed by atoms with van der Waals surface area (Å²) in [4.78, 5) is 15.6. The minimum Gasteiger partial charge on any atom is -0.396 e. The first-order valence-corrected chi connectivity index (χ1v) is 7.91. The van der Waals surface area contributed by atoms with Gasteiger partial charge >= 0.3 is 0 Å². The normalized spacial score (nSPS) is 16.2. The zero-order valence-corrected chi connectivity index (χ0v) is 13.8. The molecule has 1 atom stereocenters. The van der Waals surface area contributed by atoms with Gasteiger partial charge in [0.1, 0.15) is 4.60 Å². The van der Waals surface area contributed by atoms with Crippen LogP contribution in [-0.4, -0.2) is 10.9 Å². The standard InChI is InChI=1S/C16H17BrN4O/c1-9(22)19-14-6-2-10-8-11(3-4-12(10)14)20-16-13(18)5-7-15(17)21-16/h3-5,7-8,14H,2,6,18H2,1H3,(H,19,22)(H,20,21). The molecule has 1 aliphatic carbocycles. The van der Waals surface area contributed by atoms with Gasteiger partial charge in [-0.3, -0.25) is 4.79 Å². The van der Waals surface area contributed by atoms with Crippen LogP contribution in [0.1, 0.15) is 30.5 Å². The van der Waals surface area contributed by atoms with Gasteiger partial charge in [0, 0.05) is 12.6 Å². The molecular weight excluding hydrogens is 344 g/mol. The number of nitrogen functional groups attached to an aromatic ring is 1. The number of aromatic nitrogens is 1. The van der Waals surface area contributed by atoms with Crippen LogP contribution in [0.2, 0.25) is 0 Å². The van der Waals surface area contributed by atoms with Crippen LogP contribution in [0.5, 0.6) is 0 Å². The molecule has 2 aromatic rings. The van der Waals surface area contributed by atoms with E-state index in [2.05, 4.69) is 43.7 Å². The average Bonchev–Trinajstić information content (AvgIpc) is 2.85. The third-order valence-electron chi connectivity index (χ3n) is 3.75. The molecule has 0 saturated carbocycles. The number of nitrogens with one attached hydrogen (secondary N) is 2. The Hall–Kier alpha value is -2.08. The second kappa shape index (κ2) is 5.96. The fraction of sp³-hybridized carbons (Fsp3) is 0.250. The number of fused-ring (bicyclic) bond motifs is 1. The lowest BCUT2D eigenvalue weighted by molar-refractivity contribution is -0.119. The van der Waals surface area contributed by atoms with E-state index in [4.69, 9.17) is 5.73 Å². The maximum atomic E-state index is 11.2. The van der Waals surface area contributed by atoms with Gasteiger partial charge < -0.3 is 16.4 Å². The highest BCUT2D eigenvalue weighted by molar-refractivity contribution is 9.10. The van der Waals surface area contributed by atoms with Gasteiger partial charge in [-0.1, -0.05) is 6.07 Å². The minimum absolute atomic E-state index is 0.00570. The molecule has 22 heavy (non-hydrogen) atoms. The zero-order chi connectivity index (χ0) is 15.7. The lowest BCUT2D eigenvalue weighted by Gasteiger charge is -2.14. The number of amides is 1. The molecule has 4 N–H and O–H groups in total. The van der Waals surface area contributed by atoms with Crippen LogP contribution in [-0.2, 0) is 11.2 Å². The molecule has 1 unspecified atom stereocenters. The molecule has 0 fully saturated rings. The number of halogens is 1. The van der Waals surface area contributed by atoms with Crippen LogP contribution in [0.25, 0.3) is 0 Å². The molecule has 1 heterocycles. The Morgan fingerprint density at radius 2 is 2.18 bits per heavy atom. The van der Waals surface area contributed by atoms with Crippen molar-refractivity contribution < 1.29 is 4.79 Å². The molecule has 0 aliphatic heterocycles. The third-order valence-corrected chi connectivity index (χ3v) is 4.20. The van der Waals surface area contributed by atoms with Crippen molar-refractivity contribution in [2.45, 2.75) is 25.8 Å². The number of benzene rings is 1. The maximum absolute atomic E-state index is 11.2. The van der Waals surface area contributed by atoms with Gasteiger partial charge in [-0.05, 0) is 64.2 Å². The number of anilines is 3. The predicted molar refractivity (Wildman–Crippen MR) is 91.0 cm³/mol. The summed E-state index contributed by atoms with van der Waals surface area (Å²) >= 11 is 3.34. The van der Waals surface area contributed by atoms with Crippen LogP contribution in [0, 0.1) is 0 Å². The van der Waals surface area contributed by atoms with Gasteiger partial charge in [-0.15, -0.1) is 0 Å². The number of hydrogen-bond acceptors (Lipinski definition) is 4. The number of rotatable bonds is 3. The Balaban J connectivity index is 1.83. The molecule has 1 aliphatic rings. The number of carbonyl (C=O) groups is 1. The molecule has 0 bridgehead atoms. The fourth-order valence-electron chi connectivity index (χ4n) is 2.77. The lowest BCUT2D eigenvalue weighted by Crippen LogP contribution is -2.24. The molecule has 0 saturated heterocycles. The van der Waals surface area contributed by atoms with E-state index < -0.39 is 0 Å². The first kappa shape index (κ1) is 14.8. The molecule has 114 valence electrons. The molecule has 1 amide bonds. The second-order valence-corrected chi connectivity index (χ2v) is 6.21. The van der Waals surface area contributed by atoms with Crippen molar-refractivity contribution in [3.63, 3.8) is 0 Å². The summed E-state index contributed by atoms with van der Waals surface area (Å²) in [5, 5.41) is 6.23. The highest BCUT2D eigenvalue weighted by Gasteiger charge is 2.23. The van der Waals surface area contributed by atoms with Crippen molar-refractivity contribution in [2.24, 2.45) is 0 Å². The minimum atomic E-state index is 0.00570. The molecule has 1 aromatic carbocycles. The SMILES string of the molecule is CC(=O)NC1CCc2cc(Nc3nc(Br)ccc3N)ccc21. The summed E-state index contributed by atoms with van der Waals surface area (Å²) in [6.07, 6.45) is 1.90. The molecule has 5 nitrogen and oxygen atoms in total. The Bertz CT molecular complexity index is 732. The van der Waals surface area contributed by atoms with Crippen LogP contribution in [0.4, 0.5) is 17.2 Å². The van der Waals surface area contributed by atoms with Crippen molar-refractivity contribution in [2.75, 3.05) is 11.1 Å². The molecule has 3 rings (SSSR count). The van der Waals surface area contributed by atoms with Crippen molar-refractivity contribution in [3.05, 3.63) is 46.1 Å². The van der Waals surface area contributed by atoms with Gasteiger partial charge in [-0.25, -0.2) is 4.98 Å². The Morgan fingerprint density at radius 1 is 1.36 bits per heavy atom. The topological polar surface area (TPSA) is 80.0 Å². The zero-order valence-electron chi connectivity index (χ0n) is 12.2. The summed E-state index contributed by atoms with van der Waals surface area (Å²) in [5.41, 5.74) is 9.91. The van der Waals surface area contributed by atoms with Crippen molar-refractivity contribution in [1.29, 1.82) is 0 Å². The van der Waals surface area contributed by atoms with E-state index in [9.17, 15) is 4.79 Å². The fourth-order valence-corrected chi connectivity index (χ4v) is 3.08. The van der Waals surface area contributed by atoms with Gasteiger partial charge in [0.15, 0.2) is 5.82 Å². The van der Waals surface area contributed by atoms with E-state index in [0.29, 0.717) is 11.5 Å². The molecule has 0 radical (unpaired) electrons. The van der Waals surface area contributed by atoms with Gasteiger partial charge in [0.2, 0.25) is 5.91 Å². The summed E-state index contributed by atoms with van der Waals surface area (Å²) in [5.74, 6) is 0.636. The largest absolute Gasteiger partial charge is 0.396 e. The van der Waals surface area contributed by atoms with Crippen molar-refractivity contribution in [3.8, 4) is 0 Å². The van der Waals surface area contributed by atoms with Gasteiger partial charge in [0.05, 0.1) is 11.7 Å². The van der Waals surface area contributed by atoms with Gasteiger partial charge in [-0.2, -0.15) is 0 Å². The predicted octanol–water partition coefficient (Wildman–Crippen LogP) is 3.29. The summed E-state index contributed by atoms with van der Waals surface area (Å²) in [7, 11) is 0. The van der Waals surface area contributed by atoms with E-state index in [0.717, 1.165) is 23.1 Å². The Labute approximate surface area is 137 Å². The Morgan fingerprint density at radius 3 is 2.95 bits per heavy atom. The number of aryl methyl sites for hydroxylation is 1. The monoisotopic (exact) mass is 360 g/mol. The Kier molecular flexibility index (Phi) is 4.02. The van der Waals surface area contributed by atoms with Crippen molar-refractivity contribution in [1.82, 2.24) is 10.3 Å². The number of nitrogens with zero attached hydrogens (tertiary/aromatic N) is 1. The van der Waals surface area contributed by atoms with Crippen LogP contribution in [0.15, 0.2) is 34.9 Å². The van der Waals surface area contributed by atoms with Gasteiger partial charge in [0.25, 0.3) is 0 Å². The molecule has 0 spiro atoms. The van der Waals surface area contributed by atoms with Crippen LogP contribution < -0.4 is 16.4 Å². The van der Waals surface area contributed by atoms with E-state index in [1.54, 1.807) is 19.1 Å². The second-order valence-electron chi connectivity index (χ2n) is 5.40. The van der Waals surface area contributed by atoms with Crippen molar-refractivity contribution >= 4 is 39.0 Å². The number of carbonyl (C=O) groups excluding carboxylic acids is 1. The quantitative estimate of drug-likeness (QED) is 0.733. The first-order valence-electron chi connectivity index (χ1n) is 7.12. The van der Waals surface area contributed by atoms with E-state index in [1.807, 2.05) is 6.07 Å². The number of nitrogens with two attached hydrogens (primary N) is 1. The average molecular weight is 361 g/mol. The third kappa shape index (κ3) is 3.06. The highest BCUT2D eigenvalue weighted by Crippen LogP contribution is 2.34. The summed E-state index contributed by atoms with van der Waals surface area (Å²) in [6, 6.07) is 9.87. The maximum Gasteiger partial charge on any atom is 0.217 e. The number of hydrogen-bond donors (Lipinski definition) is 3. The lowest BCUT2D eigenvalue weighted by atomic mass is 10.1. The molecule has 6 heteroatoms. The summed E-state index contributed by atoms with van der Waals surface area (Å²) < 4.78 is 0.732. The first-order chi connectivity index (χ1) is 10.5. The van der Waals surface area contributed by atoms with Crippen LogP contribution in [0.3, 0.4) is 0 Å². The van der Waals surface area contributed by atoms with E-state index in [-0.39, 0.29) is 11.9 Å². The van der Waals surface area contributed by atoms with E-state index in [1.165, 1.54) is 11.1 Å². The highest BCUT2D eigenvalue weighted by atomic mass is 79.9. The summed E-state index contributed by atoms with van der Waals surface area (Å²) in [6.45, 7) is 1.55. The van der Waals surface area contributed by atoms with E-state index >= 15 is 0 Å². The molecule has 1 aromatic heterocycles.